The second kappa shape index (κ2) is 5.87. The topological polar surface area (TPSA) is 34.5 Å². The van der Waals surface area contributed by atoms with Crippen molar-refractivity contribution in [3.05, 3.63) is 54.4 Å². The van der Waals surface area contributed by atoms with E-state index in [0.717, 1.165) is 36.1 Å². The van der Waals surface area contributed by atoms with Crippen LogP contribution >= 0.6 is 0 Å². The molecule has 0 bridgehead atoms. The Morgan fingerprint density at radius 3 is 2.60 bits per heavy atom. The zero-order valence-electron chi connectivity index (χ0n) is 11.6. The van der Waals surface area contributed by atoms with Gasteiger partial charge in [-0.25, -0.2) is 0 Å². The van der Waals surface area contributed by atoms with Crippen molar-refractivity contribution in [1.82, 2.24) is 4.98 Å². The van der Waals surface area contributed by atoms with Gasteiger partial charge in [-0.2, -0.15) is 0 Å². The van der Waals surface area contributed by atoms with Crippen LogP contribution in [0.15, 0.2) is 53.9 Å². The van der Waals surface area contributed by atoms with Gasteiger partial charge in [-0.1, -0.05) is 48.8 Å². The fraction of sp³-hybridized carbons (Fsp3) is 0.294. The molecular weight excluding hydrogens is 248 g/mol. The highest BCUT2D eigenvalue weighted by Crippen LogP contribution is 2.23. The molecule has 3 rings (SSSR count). The number of hydrogen-bond donors (Lipinski definition) is 0. The number of oxime groups is 1. The number of pyridine rings is 1. The van der Waals surface area contributed by atoms with E-state index in [9.17, 15) is 0 Å². The van der Waals surface area contributed by atoms with Crippen LogP contribution in [0.25, 0.3) is 11.1 Å². The van der Waals surface area contributed by atoms with Crippen molar-refractivity contribution >= 4 is 5.71 Å². The summed E-state index contributed by atoms with van der Waals surface area (Å²) in [6.07, 6.45) is 7.04. The third kappa shape index (κ3) is 2.72. The molecule has 0 fully saturated rings. The second-order valence-corrected chi connectivity index (χ2v) is 5.08. The highest BCUT2D eigenvalue weighted by Gasteiger charge is 2.21. The molecule has 0 N–H and O–H groups in total. The molecule has 0 saturated heterocycles. The molecule has 1 aliphatic heterocycles. The first kappa shape index (κ1) is 12.9. The standard InChI is InChI=1S/C17H18N2O/c1-2-4-16-11-17(19-20-16)14-8-6-13(7-9-14)15-5-3-10-18-12-15/h3,5-10,12,16H,2,4,11H2,1H3/t16-/m1/s1. The number of hydrogen-bond acceptors (Lipinski definition) is 3. The number of rotatable bonds is 4. The van der Waals surface area contributed by atoms with E-state index in [-0.39, 0.29) is 6.10 Å². The Morgan fingerprint density at radius 1 is 1.10 bits per heavy atom. The van der Waals surface area contributed by atoms with Gasteiger partial charge in [-0.05, 0) is 29.2 Å². The fourth-order valence-corrected chi connectivity index (χ4v) is 2.46. The molecule has 20 heavy (non-hydrogen) atoms. The van der Waals surface area contributed by atoms with Crippen molar-refractivity contribution in [2.24, 2.45) is 5.16 Å². The zero-order chi connectivity index (χ0) is 13.8. The minimum atomic E-state index is 0.257. The first-order chi connectivity index (χ1) is 9.86. The van der Waals surface area contributed by atoms with E-state index in [1.54, 1.807) is 6.20 Å². The van der Waals surface area contributed by atoms with Crippen LogP contribution in [0.4, 0.5) is 0 Å². The Kier molecular flexibility index (Phi) is 3.77. The van der Waals surface area contributed by atoms with Gasteiger partial charge in [0.25, 0.3) is 0 Å². The largest absolute Gasteiger partial charge is 0.392 e. The van der Waals surface area contributed by atoms with Crippen molar-refractivity contribution in [2.75, 3.05) is 0 Å². The van der Waals surface area contributed by atoms with Crippen molar-refractivity contribution in [3.8, 4) is 11.1 Å². The predicted octanol–water partition coefficient (Wildman–Crippen LogP) is 4.04. The monoisotopic (exact) mass is 266 g/mol. The maximum atomic E-state index is 5.45. The summed E-state index contributed by atoms with van der Waals surface area (Å²) in [5.74, 6) is 0. The van der Waals surface area contributed by atoms with Gasteiger partial charge in [0, 0.05) is 18.8 Å². The van der Waals surface area contributed by atoms with Crippen LogP contribution in [0.3, 0.4) is 0 Å². The molecule has 3 heteroatoms. The number of nitrogens with zero attached hydrogens (tertiary/aromatic N) is 2. The maximum absolute atomic E-state index is 5.45. The van der Waals surface area contributed by atoms with Crippen LogP contribution < -0.4 is 0 Å². The third-order valence-electron chi connectivity index (χ3n) is 3.56. The molecule has 1 aromatic heterocycles. The van der Waals surface area contributed by atoms with Crippen LogP contribution in [0, 0.1) is 0 Å². The lowest BCUT2D eigenvalue weighted by Crippen LogP contribution is -2.07. The highest BCUT2D eigenvalue weighted by molar-refractivity contribution is 6.01. The Hall–Kier alpha value is -2.16. The molecular formula is C17H18N2O. The Balaban J connectivity index is 1.74. The average molecular weight is 266 g/mol. The van der Waals surface area contributed by atoms with Crippen molar-refractivity contribution in [3.63, 3.8) is 0 Å². The van der Waals surface area contributed by atoms with Gasteiger partial charge in [0.1, 0.15) is 6.10 Å². The number of aromatic nitrogens is 1. The molecule has 1 aromatic carbocycles. The van der Waals surface area contributed by atoms with Crippen LogP contribution in [0.2, 0.25) is 0 Å². The molecule has 1 aliphatic rings. The van der Waals surface area contributed by atoms with E-state index < -0.39 is 0 Å². The molecule has 0 radical (unpaired) electrons. The summed E-state index contributed by atoms with van der Waals surface area (Å²) in [5.41, 5.74) is 4.51. The highest BCUT2D eigenvalue weighted by atomic mass is 16.6. The molecule has 102 valence electrons. The Morgan fingerprint density at radius 2 is 1.90 bits per heavy atom. The minimum absolute atomic E-state index is 0.257. The predicted molar refractivity (Wildman–Crippen MR) is 80.6 cm³/mol. The maximum Gasteiger partial charge on any atom is 0.133 e. The van der Waals surface area contributed by atoms with E-state index in [1.807, 2.05) is 12.3 Å². The summed E-state index contributed by atoms with van der Waals surface area (Å²) in [4.78, 5) is 9.60. The van der Waals surface area contributed by atoms with Crippen molar-refractivity contribution in [1.29, 1.82) is 0 Å². The van der Waals surface area contributed by atoms with Crippen LogP contribution in [-0.4, -0.2) is 16.8 Å². The lowest BCUT2D eigenvalue weighted by atomic mass is 10.00. The van der Waals surface area contributed by atoms with Gasteiger partial charge >= 0.3 is 0 Å². The SMILES string of the molecule is CCC[C@@H]1CC(c2ccc(-c3cccnc3)cc2)=NO1. The second-order valence-electron chi connectivity index (χ2n) is 5.08. The number of benzene rings is 1. The summed E-state index contributed by atoms with van der Waals surface area (Å²) in [6, 6.07) is 12.5. The molecule has 1 atom stereocenters. The van der Waals surface area contributed by atoms with Gasteiger partial charge in [-0.15, -0.1) is 0 Å². The quantitative estimate of drug-likeness (QED) is 0.837. The van der Waals surface area contributed by atoms with Gasteiger partial charge in [0.15, 0.2) is 0 Å². The van der Waals surface area contributed by atoms with E-state index >= 15 is 0 Å². The molecule has 0 amide bonds. The summed E-state index contributed by atoms with van der Waals surface area (Å²) < 4.78 is 0. The van der Waals surface area contributed by atoms with Gasteiger partial charge in [-0.3, -0.25) is 4.98 Å². The van der Waals surface area contributed by atoms with E-state index in [2.05, 4.69) is 47.4 Å². The average Bonchev–Trinajstić information content (AvgIpc) is 2.97. The summed E-state index contributed by atoms with van der Waals surface area (Å²) in [7, 11) is 0. The molecule has 3 nitrogen and oxygen atoms in total. The van der Waals surface area contributed by atoms with Crippen molar-refractivity contribution < 1.29 is 4.84 Å². The van der Waals surface area contributed by atoms with Crippen LogP contribution in [0.5, 0.6) is 0 Å². The molecule has 2 aromatic rings. The first-order valence-corrected chi connectivity index (χ1v) is 7.10. The summed E-state index contributed by atoms with van der Waals surface area (Å²) in [6.45, 7) is 2.17. The normalized spacial score (nSPS) is 17.6. The minimum Gasteiger partial charge on any atom is -0.392 e. The molecule has 0 saturated carbocycles. The molecule has 0 aliphatic carbocycles. The van der Waals surface area contributed by atoms with Gasteiger partial charge in [0.2, 0.25) is 0 Å². The third-order valence-corrected chi connectivity index (χ3v) is 3.56. The Labute approximate surface area is 119 Å². The van der Waals surface area contributed by atoms with E-state index in [4.69, 9.17) is 4.84 Å². The lowest BCUT2D eigenvalue weighted by Gasteiger charge is -2.05. The van der Waals surface area contributed by atoms with Crippen molar-refractivity contribution in [2.45, 2.75) is 32.3 Å². The van der Waals surface area contributed by atoms with Gasteiger partial charge < -0.3 is 4.84 Å². The smallest absolute Gasteiger partial charge is 0.133 e. The summed E-state index contributed by atoms with van der Waals surface area (Å²) in [5, 5.41) is 4.21. The van der Waals surface area contributed by atoms with E-state index in [1.165, 1.54) is 5.56 Å². The first-order valence-electron chi connectivity index (χ1n) is 7.10. The lowest BCUT2D eigenvalue weighted by molar-refractivity contribution is 0.0786. The zero-order valence-corrected chi connectivity index (χ0v) is 11.6. The Bertz CT molecular complexity index is 590. The molecule has 2 heterocycles. The van der Waals surface area contributed by atoms with Crippen LogP contribution in [-0.2, 0) is 4.84 Å². The summed E-state index contributed by atoms with van der Waals surface area (Å²) >= 11 is 0. The van der Waals surface area contributed by atoms with Gasteiger partial charge in [0.05, 0.1) is 5.71 Å². The molecule has 0 spiro atoms. The fourth-order valence-electron chi connectivity index (χ4n) is 2.46. The van der Waals surface area contributed by atoms with E-state index in [0.29, 0.717) is 0 Å². The van der Waals surface area contributed by atoms with Crippen LogP contribution in [0.1, 0.15) is 31.7 Å². The molecule has 0 unspecified atom stereocenters.